The third kappa shape index (κ3) is 3.46. The first-order valence-electron chi connectivity index (χ1n) is 6.51. The normalized spacial score (nSPS) is 25.1. The molecule has 0 amide bonds. The van der Waals surface area contributed by atoms with Crippen molar-refractivity contribution < 1.29 is 0 Å². The highest BCUT2D eigenvalue weighted by atomic mass is 35.5. The van der Waals surface area contributed by atoms with E-state index in [1.54, 1.807) is 0 Å². The van der Waals surface area contributed by atoms with Crippen LogP contribution in [0.4, 0.5) is 0 Å². The molecule has 1 fully saturated rings. The molecule has 3 nitrogen and oxygen atoms in total. The summed E-state index contributed by atoms with van der Waals surface area (Å²) in [5.74, 6) is 0.639. The highest BCUT2D eigenvalue weighted by Crippen LogP contribution is 2.27. The van der Waals surface area contributed by atoms with E-state index in [1.807, 2.05) is 18.7 Å². The van der Waals surface area contributed by atoms with Crippen LogP contribution in [-0.4, -0.2) is 21.7 Å². The fraction of sp³-hybridized carbons (Fsp3) is 0.769. The smallest absolute Gasteiger partial charge is 0.0597 e. The number of alkyl halides is 1. The predicted octanol–water partition coefficient (Wildman–Crippen LogP) is 2.62. The lowest BCUT2D eigenvalue weighted by atomic mass is 9.89. The number of aryl methyl sites for hydroxylation is 2. The van der Waals surface area contributed by atoms with E-state index < -0.39 is 0 Å². The van der Waals surface area contributed by atoms with E-state index >= 15 is 0 Å². The van der Waals surface area contributed by atoms with E-state index in [4.69, 9.17) is 11.6 Å². The SMILES string of the molecule is Cc1cc(CNCC2CCCCC2Cl)n(C)n1. The first-order valence-corrected chi connectivity index (χ1v) is 6.95. The number of nitrogens with zero attached hydrogens (tertiary/aromatic N) is 2. The maximum Gasteiger partial charge on any atom is 0.0597 e. The summed E-state index contributed by atoms with van der Waals surface area (Å²) in [6, 6.07) is 2.13. The average Bonchev–Trinajstić information content (AvgIpc) is 2.60. The second kappa shape index (κ2) is 5.87. The van der Waals surface area contributed by atoms with Crippen LogP contribution in [0.3, 0.4) is 0 Å². The van der Waals surface area contributed by atoms with Crippen LogP contribution in [0.15, 0.2) is 6.07 Å². The number of aromatic nitrogens is 2. The van der Waals surface area contributed by atoms with Gasteiger partial charge in [-0.25, -0.2) is 0 Å². The van der Waals surface area contributed by atoms with E-state index in [9.17, 15) is 0 Å². The van der Waals surface area contributed by atoms with Gasteiger partial charge in [-0.2, -0.15) is 5.10 Å². The van der Waals surface area contributed by atoms with Gasteiger partial charge in [0.2, 0.25) is 0 Å². The van der Waals surface area contributed by atoms with E-state index in [0.717, 1.165) is 18.8 Å². The molecule has 1 aliphatic rings. The molecular weight excluding hydrogens is 234 g/mol. The molecule has 0 saturated heterocycles. The van der Waals surface area contributed by atoms with Gasteiger partial charge in [-0.15, -0.1) is 11.6 Å². The quantitative estimate of drug-likeness (QED) is 0.839. The molecule has 0 radical (unpaired) electrons. The van der Waals surface area contributed by atoms with Gasteiger partial charge in [0.1, 0.15) is 0 Å². The minimum Gasteiger partial charge on any atom is -0.311 e. The second-order valence-electron chi connectivity index (χ2n) is 5.09. The van der Waals surface area contributed by atoms with Crippen LogP contribution in [0, 0.1) is 12.8 Å². The fourth-order valence-electron chi connectivity index (χ4n) is 2.61. The Morgan fingerprint density at radius 2 is 2.24 bits per heavy atom. The van der Waals surface area contributed by atoms with Gasteiger partial charge in [0, 0.05) is 19.0 Å². The van der Waals surface area contributed by atoms with Gasteiger partial charge in [-0.1, -0.05) is 12.8 Å². The molecule has 1 heterocycles. The molecule has 4 heteroatoms. The summed E-state index contributed by atoms with van der Waals surface area (Å²) in [6.45, 7) is 3.94. The van der Waals surface area contributed by atoms with E-state index in [0.29, 0.717) is 11.3 Å². The Bertz CT molecular complexity index is 362. The number of halogens is 1. The summed E-state index contributed by atoms with van der Waals surface area (Å²) >= 11 is 6.34. The molecule has 0 aromatic carbocycles. The van der Waals surface area contributed by atoms with Crippen molar-refractivity contribution in [2.24, 2.45) is 13.0 Å². The Hall–Kier alpha value is -0.540. The lowest BCUT2D eigenvalue weighted by molar-refractivity contribution is 0.347. The third-order valence-corrected chi connectivity index (χ3v) is 4.20. The summed E-state index contributed by atoms with van der Waals surface area (Å²) in [6.07, 6.45) is 5.08. The van der Waals surface area contributed by atoms with E-state index in [1.165, 1.54) is 31.4 Å². The van der Waals surface area contributed by atoms with Gasteiger partial charge in [0.05, 0.1) is 11.4 Å². The van der Waals surface area contributed by atoms with Crippen LogP contribution in [0.5, 0.6) is 0 Å². The van der Waals surface area contributed by atoms with Crippen molar-refractivity contribution in [3.8, 4) is 0 Å². The maximum atomic E-state index is 6.34. The monoisotopic (exact) mass is 255 g/mol. The molecule has 2 unspecified atom stereocenters. The average molecular weight is 256 g/mol. The van der Waals surface area contributed by atoms with Crippen molar-refractivity contribution in [1.82, 2.24) is 15.1 Å². The highest BCUT2D eigenvalue weighted by molar-refractivity contribution is 6.20. The lowest BCUT2D eigenvalue weighted by Gasteiger charge is -2.27. The molecule has 1 saturated carbocycles. The molecule has 2 rings (SSSR count). The Balaban J connectivity index is 1.77. The molecule has 1 aromatic heterocycles. The summed E-state index contributed by atoms with van der Waals surface area (Å²) in [4.78, 5) is 0. The molecular formula is C13H22ClN3. The third-order valence-electron chi connectivity index (χ3n) is 3.63. The molecule has 1 aromatic rings. The van der Waals surface area contributed by atoms with Crippen LogP contribution >= 0.6 is 11.6 Å². The molecule has 1 N–H and O–H groups in total. The van der Waals surface area contributed by atoms with Crippen molar-refractivity contribution in [3.63, 3.8) is 0 Å². The Labute approximate surface area is 109 Å². The van der Waals surface area contributed by atoms with Crippen LogP contribution in [0.25, 0.3) is 0 Å². The molecule has 17 heavy (non-hydrogen) atoms. The minimum atomic E-state index is 0.365. The van der Waals surface area contributed by atoms with Crippen molar-refractivity contribution in [2.45, 2.75) is 44.5 Å². The lowest BCUT2D eigenvalue weighted by Crippen LogP contribution is -2.31. The summed E-state index contributed by atoms with van der Waals surface area (Å²) in [5, 5.41) is 8.22. The van der Waals surface area contributed by atoms with Crippen molar-refractivity contribution in [3.05, 3.63) is 17.5 Å². The summed E-state index contributed by atoms with van der Waals surface area (Å²) in [5.41, 5.74) is 2.32. The van der Waals surface area contributed by atoms with Gasteiger partial charge in [-0.05, 0) is 38.3 Å². The summed E-state index contributed by atoms with van der Waals surface area (Å²) in [7, 11) is 2.00. The maximum absolute atomic E-state index is 6.34. The Kier molecular flexibility index (Phi) is 4.46. The number of hydrogen-bond acceptors (Lipinski definition) is 2. The number of rotatable bonds is 4. The minimum absolute atomic E-state index is 0.365. The zero-order valence-electron chi connectivity index (χ0n) is 10.7. The van der Waals surface area contributed by atoms with Crippen molar-refractivity contribution in [1.29, 1.82) is 0 Å². The van der Waals surface area contributed by atoms with Crippen LogP contribution in [-0.2, 0) is 13.6 Å². The number of nitrogens with one attached hydrogen (secondary N) is 1. The standard InChI is InChI=1S/C13H22ClN3/c1-10-7-12(17(2)16-10)9-15-8-11-5-3-4-6-13(11)14/h7,11,13,15H,3-6,8-9H2,1-2H3. The van der Waals surface area contributed by atoms with Gasteiger partial charge in [0.15, 0.2) is 0 Å². The van der Waals surface area contributed by atoms with Gasteiger partial charge >= 0.3 is 0 Å². The van der Waals surface area contributed by atoms with E-state index in [-0.39, 0.29) is 0 Å². The topological polar surface area (TPSA) is 29.9 Å². The van der Waals surface area contributed by atoms with Crippen LogP contribution in [0.1, 0.15) is 37.1 Å². The molecule has 96 valence electrons. The predicted molar refractivity (Wildman–Crippen MR) is 71.3 cm³/mol. The first-order chi connectivity index (χ1) is 8.16. The Morgan fingerprint density at radius 1 is 1.47 bits per heavy atom. The largest absolute Gasteiger partial charge is 0.311 e. The van der Waals surface area contributed by atoms with Crippen LogP contribution < -0.4 is 5.32 Å². The zero-order chi connectivity index (χ0) is 12.3. The molecule has 2 atom stereocenters. The first kappa shape index (κ1) is 12.9. The van der Waals surface area contributed by atoms with Crippen LogP contribution in [0.2, 0.25) is 0 Å². The molecule has 0 bridgehead atoms. The molecule has 0 spiro atoms. The molecule has 0 aliphatic heterocycles. The summed E-state index contributed by atoms with van der Waals surface area (Å²) < 4.78 is 1.95. The van der Waals surface area contributed by atoms with Crippen molar-refractivity contribution >= 4 is 11.6 Å². The fourth-order valence-corrected chi connectivity index (χ4v) is 2.98. The Morgan fingerprint density at radius 3 is 2.88 bits per heavy atom. The zero-order valence-corrected chi connectivity index (χ0v) is 11.5. The van der Waals surface area contributed by atoms with Gasteiger partial charge in [0.25, 0.3) is 0 Å². The number of hydrogen-bond donors (Lipinski definition) is 1. The second-order valence-corrected chi connectivity index (χ2v) is 5.65. The van der Waals surface area contributed by atoms with Gasteiger partial charge < -0.3 is 5.32 Å². The van der Waals surface area contributed by atoms with E-state index in [2.05, 4.69) is 16.5 Å². The van der Waals surface area contributed by atoms with Gasteiger partial charge in [-0.3, -0.25) is 4.68 Å². The highest BCUT2D eigenvalue weighted by Gasteiger charge is 2.22. The van der Waals surface area contributed by atoms with Crippen molar-refractivity contribution in [2.75, 3.05) is 6.54 Å². The molecule has 1 aliphatic carbocycles.